The summed E-state index contributed by atoms with van der Waals surface area (Å²) in [6, 6.07) is 9.48. The van der Waals surface area contributed by atoms with Gasteiger partial charge in [0.05, 0.1) is 11.5 Å². The molecule has 2 aromatic carbocycles. The summed E-state index contributed by atoms with van der Waals surface area (Å²) in [7, 11) is -7.12. The van der Waals surface area contributed by atoms with Crippen molar-refractivity contribution in [1.29, 1.82) is 0 Å². The predicted octanol–water partition coefficient (Wildman–Crippen LogP) is 0.810. The van der Waals surface area contributed by atoms with Gasteiger partial charge in [0, 0.05) is 0 Å². The molecule has 0 fully saturated rings. The van der Waals surface area contributed by atoms with Gasteiger partial charge < -0.3 is 0 Å². The van der Waals surface area contributed by atoms with Crippen molar-refractivity contribution >= 4 is 30.8 Å². The Morgan fingerprint density at radius 1 is 0.826 bits per heavy atom. The minimum Gasteiger partial charge on any atom is -0.229 e. The predicted molar refractivity (Wildman–Crippen MR) is 92.0 cm³/mol. The van der Waals surface area contributed by atoms with Crippen molar-refractivity contribution in [2.24, 2.45) is 10.3 Å². The van der Waals surface area contributed by atoms with E-state index in [1.807, 2.05) is 37.3 Å². The summed E-state index contributed by atoms with van der Waals surface area (Å²) in [5.74, 6) is -0.310. The van der Waals surface area contributed by atoms with Crippen LogP contribution in [0.2, 0.25) is 0 Å². The molecule has 0 aliphatic heterocycles. The summed E-state index contributed by atoms with van der Waals surface area (Å²) < 4.78 is 44.9. The second kappa shape index (κ2) is 6.56. The zero-order valence-corrected chi connectivity index (χ0v) is 14.5. The quantitative estimate of drug-likeness (QED) is 0.795. The first-order chi connectivity index (χ1) is 10.6. The second-order valence-electron chi connectivity index (χ2n) is 5.60. The van der Waals surface area contributed by atoms with E-state index >= 15 is 0 Å². The van der Waals surface area contributed by atoms with Gasteiger partial charge in [0.1, 0.15) is 0 Å². The average Bonchev–Trinajstić information content (AvgIpc) is 2.44. The first kappa shape index (κ1) is 17.9. The molecule has 6 nitrogen and oxygen atoms in total. The van der Waals surface area contributed by atoms with Crippen LogP contribution in [0.3, 0.4) is 0 Å². The van der Waals surface area contributed by atoms with E-state index in [0.717, 1.165) is 27.5 Å². The zero-order valence-electron chi connectivity index (χ0n) is 12.8. The van der Waals surface area contributed by atoms with Gasteiger partial charge in [-0.2, -0.15) is 0 Å². The molecule has 2 rings (SSSR count). The van der Waals surface area contributed by atoms with Gasteiger partial charge in [-0.15, -0.1) is 0 Å². The third-order valence-corrected chi connectivity index (χ3v) is 5.37. The lowest BCUT2D eigenvalue weighted by Gasteiger charge is -2.14. The van der Waals surface area contributed by atoms with Gasteiger partial charge in [-0.25, -0.2) is 27.1 Å². The molecule has 0 atom stereocenters. The van der Waals surface area contributed by atoms with Gasteiger partial charge in [-0.05, 0) is 47.2 Å². The molecule has 0 radical (unpaired) electrons. The molecule has 126 valence electrons. The van der Waals surface area contributed by atoms with Gasteiger partial charge in [0.2, 0.25) is 20.0 Å². The van der Waals surface area contributed by atoms with Crippen molar-refractivity contribution in [2.45, 2.75) is 19.8 Å². The third kappa shape index (κ3) is 5.00. The molecule has 0 amide bonds. The number of primary sulfonamides is 2. The smallest absolute Gasteiger partial charge is 0.209 e. The van der Waals surface area contributed by atoms with Crippen LogP contribution in [0.25, 0.3) is 10.8 Å². The first-order valence-corrected chi connectivity index (χ1v) is 10.5. The van der Waals surface area contributed by atoms with Crippen molar-refractivity contribution in [2.75, 3.05) is 11.5 Å². The van der Waals surface area contributed by atoms with E-state index in [1.54, 1.807) is 0 Å². The van der Waals surface area contributed by atoms with E-state index in [4.69, 9.17) is 10.3 Å². The number of hydrogen-bond donors (Lipinski definition) is 2. The van der Waals surface area contributed by atoms with Crippen LogP contribution in [-0.4, -0.2) is 28.3 Å². The van der Waals surface area contributed by atoms with E-state index < -0.39 is 20.0 Å². The SMILES string of the molecule is Cc1c(CCS(N)(=O)=O)cc(CCS(N)(=O)=O)c2ccccc12. The van der Waals surface area contributed by atoms with Gasteiger partial charge in [-0.3, -0.25) is 0 Å². The topological polar surface area (TPSA) is 120 Å². The molecule has 23 heavy (non-hydrogen) atoms. The summed E-state index contributed by atoms with van der Waals surface area (Å²) in [5, 5.41) is 12.1. The van der Waals surface area contributed by atoms with Crippen LogP contribution in [0, 0.1) is 6.92 Å². The largest absolute Gasteiger partial charge is 0.229 e. The normalized spacial score (nSPS) is 12.7. The molecular weight excluding hydrogens is 336 g/mol. The molecule has 0 aliphatic carbocycles. The molecule has 0 unspecified atom stereocenters. The minimum atomic E-state index is -3.57. The summed E-state index contributed by atoms with van der Waals surface area (Å²) >= 11 is 0. The molecule has 0 aliphatic rings. The molecule has 4 N–H and O–H groups in total. The number of sulfonamides is 2. The van der Waals surface area contributed by atoms with Crippen LogP contribution in [0.5, 0.6) is 0 Å². The lowest BCUT2D eigenvalue weighted by molar-refractivity contribution is 0.595. The first-order valence-electron chi connectivity index (χ1n) is 7.08. The highest BCUT2D eigenvalue weighted by molar-refractivity contribution is 7.89. The Balaban J connectivity index is 2.49. The molecule has 0 bridgehead atoms. The monoisotopic (exact) mass is 356 g/mol. The Hall–Kier alpha value is -1.48. The fourth-order valence-corrected chi connectivity index (χ4v) is 3.64. The Morgan fingerprint density at radius 3 is 1.83 bits per heavy atom. The van der Waals surface area contributed by atoms with E-state index in [1.165, 1.54) is 0 Å². The zero-order chi connectivity index (χ0) is 17.3. The maximum absolute atomic E-state index is 11.2. The van der Waals surface area contributed by atoms with Crippen LogP contribution >= 0.6 is 0 Å². The van der Waals surface area contributed by atoms with Gasteiger partial charge >= 0.3 is 0 Å². The van der Waals surface area contributed by atoms with Crippen LogP contribution in [0.4, 0.5) is 0 Å². The Labute approximate surface area is 136 Å². The van der Waals surface area contributed by atoms with Crippen molar-refractivity contribution in [3.63, 3.8) is 0 Å². The number of rotatable bonds is 6. The number of fused-ring (bicyclic) bond motifs is 1. The maximum atomic E-state index is 11.2. The molecule has 0 aromatic heterocycles. The van der Waals surface area contributed by atoms with Crippen LogP contribution in [0.1, 0.15) is 16.7 Å². The Kier molecular flexibility index (Phi) is 5.10. The highest BCUT2D eigenvalue weighted by Crippen LogP contribution is 2.27. The molecule has 8 heteroatoms. The van der Waals surface area contributed by atoms with Crippen LogP contribution in [-0.2, 0) is 32.9 Å². The molecule has 0 spiro atoms. The summed E-state index contributed by atoms with van der Waals surface area (Å²) in [4.78, 5) is 0. The summed E-state index contributed by atoms with van der Waals surface area (Å²) in [6.45, 7) is 1.92. The van der Waals surface area contributed by atoms with Gasteiger partial charge in [0.15, 0.2) is 0 Å². The lowest BCUT2D eigenvalue weighted by Crippen LogP contribution is -2.19. The number of hydrogen-bond acceptors (Lipinski definition) is 4. The van der Waals surface area contributed by atoms with E-state index in [0.29, 0.717) is 0 Å². The van der Waals surface area contributed by atoms with E-state index in [9.17, 15) is 16.8 Å². The van der Waals surface area contributed by atoms with Gasteiger partial charge in [0.25, 0.3) is 0 Å². The molecule has 0 saturated carbocycles. The Morgan fingerprint density at radius 2 is 1.30 bits per heavy atom. The minimum absolute atomic E-state index is 0.152. The molecule has 0 heterocycles. The van der Waals surface area contributed by atoms with E-state index in [2.05, 4.69) is 0 Å². The van der Waals surface area contributed by atoms with Crippen molar-refractivity contribution in [1.82, 2.24) is 0 Å². The molecule has 2 aromatic rings. The highest BCUT2D eigenvalue weighted by Gasteiger charge is 2.13. The van der Waals surface area contributed by atoms with Crippen molar-refractivity contribution in [3.8, 4) is 0 Å². The fraction of sp³-hybridized carbons (Fsp3) is 0.333. The number of nitrogens with two attached hydrogens (primary N) is 2. The summed E-state index contributed by atoms with van der Waals surface area (Å²) in [6.07, 6.45) is 0.569. The van der Waals surface area contributed by atoms with Crippen LogP contribution < -0.4 is 10.3 Å². The number of aryl methyl sites for hydroxylation is 3. The number of benzene rings is 2. The third-order valence-electron chi connectivity index (χ3n) is 3.82. The fourth-order valence-electron chi connectivity index (χ4n) is 2.63. The van der Waals surface area contributed by atoms with Crippen molar-refractivity contribution < 1.29 is 16.8 Å². The second-order valence-corrected chi connectivity index (χ2v) is 9.07. The maximum Gasteiger partial charge on any atom is 0.209 e. The lowest BCUT2D eigenvalue weighted by atomic mass is 9.93. The van der Waals surface area contributed by atoms with Gasteiger partial charge in [-0.1, -0.05) is 30.3 Å². The Bertz CT molecular complexity index is 935. The van der Waals surface area contributed by atoms with Crippen molar-refractivity contribution in [3.05, 3.63) is 47.0 Å². The van der Waals surface area contributed by atoms with E-state index in [-0.39, 0.29) is 24.3 Å². The molecule has 0 saturated heterocycles. The highest BCUT2D eigenvalue weighted by atomic mass is 32.2. The summed E-state index contributed by atoms with van der Waals surface area (Å²) in [5.41, 5.74) is 2.66. The average molecular weight is 356 g/mol. The molecular formula is C15H20N2O4S2. The standard InChI is InChI=1S/C15H20N2O4S2/c1-11-12(6-8-22(16,18)19)10-13(7-9-23(17,20)21)15-5-3-2-4-14(11)15/h2-5,10H,6-9H2,1H3,(H2,16,18,19)(H2,17,20,21). The van der Waals surface area contributed by atoms with Crippen LogP contribution in [0.15, 0.2) is 30.3 Å².